The molecule has 0 unspecified atom stereocenters. The Morgan fingerprint density at radius 2 is 1.04 bits per heavy atom. The molecule has 0 atom stereocenters. The molecule has 9 rings (SSSR count). The van der Waals surface area contributed by atoms with Gasteiger partial charge in [-0.25, -0.2) is 19.9 Å². The summed E-state index contributed by atoms with van der Waals surface area (Å²) in [6.07, 6.45) is 0. The van der Waals surface area contributed by atoms with Crippen LogP contribution in [0, 0.1) is 0 Å². The fraction of sp³-hybridized carbons (Fsp3) is 0. The van der Waals surface area contributed by atoms with Gasteiger partial charge in [0, 0.05) is 42.4 Å². The smallest absolute Gasteiger partial charge is 0.227 e. The van der Waals surface area contributed by atoms with E-state index in [4.69, 9.17) is 24.4 Å². The van der Waals surface area contributed by atoms with E-state index < -0.39 is 0 Å². The molecule has 0 aliphatic heterocycles. The van der Waals surface area contributed by atoms with Crippen LogP contribution >= 0.6 is 11.3 Å². The molecule has 0 N–H and O–H groups in total. The number of oxazole rings is 1. The average molecular weight is 609 g/mol. The summed E-state index contributed by atoms with van der Waals surface area (Å²) in [6, 6.07) is 49.5. The summed E-state index contributed by atoms with van der Waals surface area (Å²) in [5, 5.41) is 2.22. The van der Waals surface area contributed by atoms with Crippen molar-refractivity contribution in [3.8, 4) is 56.7 Å². The fourth-order valence-electron chi connectivity index (χ4n) is 5.93. The van der Waals surface area contributed by atoms with Crippen LogP contribution in [0.1, 0.15) is 0 Å². The van der Waals surface area contributed by atoms with Gasteiger partial charge in [0.1, 0.15) is 5.52 Å². The molecule has 46 heavy (non-hydrogen) atoms. The van der Waals surface area contributed by atoms with Crippen molar-refractivity contribution in [2.24, 2.45) is 0 Å². The van der Waals surface area contributed by atoms with Gasteiger partial charge in [0.05, 0.1) is 0 Å². The molecule has 9 aromatic rings. The Labute approximate surface area is 268 Å². The van der Waals surface area contributed by atoms with Crippen LogP contribution in [-0.4, -0.2) is 19.9 Å². The van der Waals surface area contributed by atoms with Gasteiger partial charge >= 0.3 is 0 Å². The number of benzene rings is 6. The quantitative estimate of drug-likeness (QED) is 0.194. The third kappa shape index (κ3) is 4.64. The van der Waals surface area contributed by atoms with Crippen LogP contribution in [0.2, 0.25) is 0 Å². The van der Waals surface area contributed by atoms with E-state index in [0.717, 1.165) is 54.4 Å². The number of para-hydroxylation sites is 2. The van der Waals surface area contributed by atoms with Crippen molar-refractivity contribution in [1.82, 2.24) is 19.9 Å². The maximum absolute atomic E-state index is 6.13. The highest BCUT2D eigenvalue weighted by Crippen LogP contribution is 2.41. The summed E-state index contributed by atoms with van der Waals surface area (Å²) in [6.45, 7) is 0. The topological polar surface area (TPSA) is 64.7 Å². The van der Waals surface area contributed by atoms with Crippen molar-refractivity contribution in [3.63, 3.8) is 0 Å². The van der Waals surface area contributed by atoms with E-state index in [2.05, 4.69) is 84.9 Å². The van der Waals surface area contributed by atoms with Gasteiger partial charge in [-0.15, -0.1) is 11.3 Å². The Bertz CT molecular complexity index is 2490. The number of aromatic nitrogens is 4. The second-order valence-electron chi connectivity index (χ2n) is 11.1. The van der Waals surface area contributed by atoms with Crippen molar-refractivity contribution in [3.05, 3.63) is 146 Å². The second kappa shape index (κ2) is 10.9. The summed E-state index contributed by atoms with van der Waals surface area (Å²) in [5.74, 6) is 2.50. The van der Waals surface area contributed by atoms with E-state index in [1.54, 1.807) is 11.3 Å². The molecule has 0 saturated carbocycles. The molecule has 3 aromatic heterocycles. The Morgan fingerprint density at radius 1 is 0.435 bits per heavy atom. The first-order valence-electron chi connectivity index (χ1n) is 15.1. The first kappa shape index (κ1) is 26.4. The van der Waals surface area contributed by atoms with E-state index in [9.17, 15) is 0 Å². The normalized spacial score (nSPS) is 11.5. The zero-order chi connectivity index (χ0) is 30.5. The number of hydrogen-bond acceptors (Lipinski definition) is 6. The molecule has 0 amide bonds. The molecule has 6 aromatic carbocycles. The predicted molar refractivity (Wildman–Crippen MR) is 187 cm³/mol. The molecule has 0 fully saturated rings. The zero-order valence-corrected chi connectivity index (χ0v) is 25.3. The maximum atomic E-state index is 6.13. The van der Waals surface area contributed by atoms with Crippen LogP contribution in [0.25, 0.3) is 88.0 Å². The molecule has 5 nitrogen and oxygen atoms in total. The lowest BCUT2D eigenvalue weighted by Crippen LogP contribution is -2.00. The molecule has 0 aliphatic carbocycles. The van der Waals surface area contributed by atoms with Crippen LogP contribution < -0.4 is 0 Å². The third-order valence-corrected chi connectivity index (χ3v) is 9.33. The van der Waals surface area contributed by atoms with Crippen LogP contribution in [0.5, 0.6) is 0 Å². The first-order valence-corrected chi connectivity index (χ1v) is 15.9. The lowest BCUT2D eigenvalue weighted by Gasteiger charge is -2.10. The minimum Gasteiger partial charge on any atom is -0.436 e. The van der Waals surface area contributed by atoms with Crippen molar-refractivity contribution in [1.29, 1.82) is 0 Å². The minimum atomic E-state index is 0.604. The van der Waals surface area contributed by atoms with Crippen LogP contribution in [-0.2, 0) is 0 Å². The number of rotatable bonds is 5. The van der Waals surface area contributed by atoms with Gasteiger partial charge in [-0.1, -0.05) is 109 Å². The molecule has 216 valence electrons. The Kier molecular flexibility index (Phi) is 6.25. The van der Waals surface area contributed by atoms with Crippen molar-refractivity contribution in [2.75, 3.05) is 0 Å². The highest BCUT2D eigenvalue weighted by Gasteiger charge is 2.18. The zero-order valence-electron chi connectivity index (χ0n) is 24.5. The fourth-order valence-corrected chi connectivity index (χ4v) is 7.04. The van der Waals surface area contributed by atoms with Gasteiger partial charge in [-0.3, -0.25) is 0 Å². The number of fused-ring (bicyclic) bond motifs is 4. The molecular formula is C40H24N4OS. The molecule has 0 bridgehead atoms. The van der Waals surface area contributed by atoms with Gasteiger partial charge in [0.15, 0.2) is 23.1 Å². The van der Waals surface area contributed by atoms with Gasteiger partial charge in [-0.05, 0) is 47.5 Å². The lowest BCUT2D eigenvalue weighted by molar-refractivity contribution is 0.620. The Morgan fingerprint density at radius 3 is 1.80 bits per heavy atom. The lowest BCUT2D eigenvalue weighted by atomic mass is 10.0. The Balaban J connectivity index is 1.22. The molecule has 0 saturated heterocycles. The summed E-state index contributed by atoms with van der Waals surface area (Å²) in [7, 11) is 0. The van der Waals surface area contributed by atoms with Crippen molar-refractivity contribution in [2.45, 2.75) is 0 Å². The average Bonchev–Trinajstić information content (AvgIpc) is 3.74. The highest BCUT2D eigenvalue weighted by atomic mass is 32.1. The summed E-state index contributed by atoms with van der Waals surface area (Å²) >= 11 is 1.76. The van der Waals surface area contributed by atoms with Gasteiger partial charge < -0.3 is 4.42 Å². The largest absolute Gasteiger partial charge is 0.436 e. The van der Waals surface area contributed by atoms with Gasteiger partial charge in [0.2, 0.25) is 5.89 Å². The van der Waals surface area contributed by atoms with Gasteiger partial charge in [0.25, 0.3) is 0 Å². The summed E-state index contributed by atoms with van der Waals surface area (Å²) < 4.78 is 8.47. The van der Waals surface area contributed by atoms with E-state index in [1.165, 1.54) is 10.3 Å². The molecule has 3 heterocycles. The molecular weight excluding hydrogens is 585 g/mol. The number of nitrogens with zero attached hydrogens (tertiary/aromatic N) is 4. The van der Waals surface area contributed by atoms with Crippen LogP contribution in [0.4, 0.5) is 0 Å². The summed E-state index contributed by atoms with van der Waals surface area (Å²) in [5.41, 5.74) is 7.69. The molecule has 6 heteroatoms. The van der Waals surface area contributed by atoms with E-state index in [0.29, 0.717) is 23.4 Å². The van der Waals surface area contributed by atoms with Crippen molar-refractivity contribution < 1.29 is 4.42 Å². The van der Waals surface area contributed by atoms with Gasteiger partial charge in [-0.2, -0.15) is 0 Å². The molecule has 0 aliphatic rings. The van der Waals surface area contributed by atoms with Crippen LogP contribution in [0.3, 0.4) is 0 Å². The van der Waals surface area contributed by atoms with Crippen molar-refractivity contribution >= 4 is 42.6 Å². The minimum absolute atomic E-state index is 0.604. The Hall–Kier alpha value is -5.98. The second-order valence-corrected chi connectivity index (χ2v) is 12.2. The molecule has 0 spiro atoms. The SMILES string of the molecule is c1ccc(-c2ccc(-c3nc(-c4ccccc4)nc(-c4cccc5sc6ccc(-c7nc8ccccc8o7)cc6c45)n3)cc2)cc1. The maximum Gasteiger partial charge on any atom is 0.227 e. The summed E-state index contributed by atoms with van der Waals surface area (Å²) in [4.78, 5) is 19.9. The van der Waals surface area contributed by atoms with E-state index in [-0.39, 0.29) is 0 Å². The van der Waals surface area contributed by atoms with E-state index in [1.807, 2.05) is 60.7 Å². The van der Waals surface area contributed by atoms with Crippen LogP contribution in [0.15, 0.2) is 150 Å². The predicted octanol–water partition coefficient (Wildman–Crippen LogP) is 10.7. The third-order valence-electron chi connectivity index (χ3n) is 8.19. The van der Waals surface area contributed by atoms with E-state index >= 15 is 0 Å². The monoisotopic (exact) mass is 608 g/mol. The highest BCUT2D eigenvalue weighted by molar-refractivity contribution is 7.26. The number of thiophene rings is 1. The molecule has 0 radical (unpaired) electrons. The first-order chi connectivity index (χ1) is 22.8. The standard InChI is InChI=1S/C40H24N4OS/c1-3-10-25(11-4-1)26-18-20-28(21-19-26)38-42-37(27-12-5-2-6-13-27)43-39(44-38)30-14-9-17-35-36(30)31-24-29(22-23-34(31)46-35)40-41-32-15-7-8-16-33(32)45-40/h1-24H. The number of hydrogen-bond donors (Lipinski definition) is 0.